The lowest BCUT2D eigenvalue weighted by Crippen LogP contribution is -2.56. The van der Waals surface area contributed by atoms with Crippen LogP contribution in [0.15, 0.2) is 47.0 Å². The van der Waals surface area contributed by atoms with Gasteiger partial charge in [0.05, 0.1) is 30.4 Å². The van der Waals surface area contributed by atoms with Gasteiger partial charge in [-0.1, -0.05) is 12.1 Å². The highest BCUT2D eigenvalue weighted by Crippen LogP contribution is 2.39. The molecule has 0 amide bonds. The van der Waals surface area contributed by atoms with Crippen LogP contribution in [0.1, 0.15) is 22.6 Å². The third kappa shape index (κ3) is 3.09. The Labute approximate surface area is 160 Å². The maximum atomic E-state index is 13.1. The second kappa shape index (κ2) is 6.49. The number of hydrogen-bond acceptors (Lipinski definition) is 6. The first-order valence-electron chi connectivity index (χ1n) is 8.62. The van der Waals surface area contributed by atoms with Crippen molar-refractivity contribution in [3.05, 3.63) is 56.8 Å². The number of rotatable bonds is 5. The summed E-state index contributed by atoms with van der Waals surface area (Å²) in [5, 5.41) is 15.0. The Bertz CT molecular complexity index is 776. The molecule has 2 aliphatic rings. The predicted octanol–water partition coefficient (Wildman–Crippen LogP) is 3.07. The Kier molecular flexibility index (Phi) is 4.43. The van der Waals surface area contributed by atoms with Crippen molar-refractivity contribution >= 4 is 28.6 Å². The maximum Gasteiger partial charge on any atom is 0.349 e. The standard InChI is InChI=1S/C19H22NO4S2/c1-20(2)8-7-13(11-14(20)15-12-23-15)24-18(21)19(22,16-5-3-9-25-16)17-6-4-10-26-17/h3-6,9-10,12-14,22H,7-8,11H2,1-2H3/q+1. The van der Waals surface area contributed by atoms with E-state index in [9.17, 15) is 9.90 Å². The van der Waals surface area contributed by atoms with Gasteiger partial charge in [0, 0.05) is 12.8 Å². The molecule has 1 N–H and O–H groups in total. The van der Waals surface area contributed by atoms with Crippen molar-refractivity contribution in [3.63, 3.8) is 0 Å². The first-order chi connectivity index (χ1) is 12.4. The fraction of sp³-hybridized carbons (Fsp3) is 0.421. The molecule has 1 saturated heterocycles. The van der Waals surface area contributed by atoms with Crippen molar-refractivity contribution in [1.29, 1.82) is 0 Å². The van der Waals surface area contributed by atoms with Gasteiger partial charge in [-0.2, -0.15) is 0 Å². The van der Waals surface area contributed by atoms with Crippen LogP contribution in [0.25, 0.3) is 0 Å². The van der Waals surface area contributed by atoms with Gasteiger partial charge in [0.1, 0.15) is 12.4 Å². The Hall–Kier alpha value is -1.67. The third-order valence-electron chi connectivity index (χ3n) is 5.26. The molecule has 0 spiro atoms. The van der Waals surface area contributed by atoms with Crippen molar-refractivity contribution in [2.75, 3.05) is 20.6 Å². The lowest BCUT2D eigenvalue weighted by Gasteiger charge is -2.42. The Morgan fingerprint density at radius 3 is 2.38 bits per heavy atom. The summed E-state index contributed by atoms with van der Waals surface area (Å²) in [5.41, 5.74) is -1.74. The van der Waals surface area contributed by atoms with Gasteiger partial charge >= 0.3 is 5.97 Å². The molecule has 5 nitrogen and oxygen atoms in total. The first kappa shape index (κ1) is 17.7. The van der Waals surface area contributed by atoms with Gasteiger partial charge in [-0.3, -0.25) is 0 Å². The van der Waals surface area contributed by atoms with Crippen LogP contribution >= 0.6 is 22.7 Å². The van der Waals surface area contributed by atoms with E-state index in [1.807, 2.05) is 22.9 Å². The minimum Gasteiger partial charge on any atom is -0.459 e. The van der Waals surface area contributed by atoms with Crippen molar-refractivity contribution in [3.8, 4) is 0 Å². The highest BCUT2D eigenvalue weighted by atomic mass is 32.1. The number of quaternary nitrogens is 1. The van der Waals surface area contributed by atoms with E-state index in [4.69, 9.17) is 9.47 Å². The number of carbonyl (C=O) groups is 1. The van der Waals surface area contributed by atoms with Gasteiger partial charge in [-0.05, 0) is 22.9 Å². The Balaban J connectivity index is 1.55. The lowest BCUT2D eigenvalue weighted by atomic mass is 9.96. The van der Waals surface area contributed by atoms with Gasteiger partial charge in [-0.25, -0.2) is 4.79 Å². The van der Waals surface area contributed by atoms with Crippen LogP contribution in [-0.2, 0) is 19.9 Å². The summed E-state index contributed by atoms with van der Waals surface area (Å²) in [5.74, 6) is 0.381. The topological polar surface area (TPSA) is 59.1 Å². The molecule has 2 atom stereocenters. The van der Waals surface area contributed by atoms with E-state index in [0.29, 0.717) is 16.2 Å². The number of carbonyl (C=O) groups excluding carboxylic acids is 1. The fourth-order valence-corrected chi connectivity index (χ4v) is 5.29. The molecule has 7 heteroatoms. The van der Waals surface area contributed by atoms with Crippen molar-refractivity contribution < 1.29 is 23.9 Å². The molecule has 1 fully saturated rings. The molecule has 0 bridgehead atoms. The normalized spacial score (nSPS) is 24.5. The third-order valence-corrected chi connectivity index (χ3v) is 7.22. The molecule has 2 unspecified atom stereocenters. The van der Waals surface area contributed by atoms with Crippen LogP contribution in [0.3, 0.4) is 0 Å². The second-order valence-electron chi connectivity index (χ2n) is 7.37. The zero-order chi connectivity index (χ0) is 18.4. The predicted molar refractivity (Wildman–Crippen MR) is 101 cm³/mol. The smallest absolute Gasteiger partial charge is 0.349 e. The highest BCUT2D eigenvalue weighted by molar-refractivity contribution is 7.12. The summed E-state index contributed by atoms with van der Waals surface area (Å²) < 4.78 is 12.0. The number of hydrogen-bond donors (Lipinski definition) is 1. The zero-order valence-corrected chi connectivity index (χ0v) is 16.4. The SMILES string of the molecule is C[N+]1(C)CCC(OC(=O)C(O)(c2cccs2)c2cccs2)CC1C1=CO1. The highest BCUT2D eigenvalue weighted by Gasteiger charge is 2.48. The second-order valence-corrected chi connectivity index (χ2v) is 9.27. The van der Waals surface area contributed by atoms with Crippen LogP contribution in [0, 0.1) is 0 Å². The number of esters is 1. The van der Waals surface area contributed by atoms with Gasteiger partial charge in [0.25, 0.3) is 0 Å². The molecular weight excluding hydrogens is 370 g/mol. The van der Waals surface area contributed by atoms with Crippen molar-refractivity contribution in [2.45, 2.75) is 30.6 Å². The summed E-state index contributed by atoms with van der Waals surface area (Å²) in [6.07, 6.45) is 3.01. The van der Waals surface area contributed by atoms with Crippen LogP contribution in [0.2, 0.25) is 0 Å². The Morgan fingerprint density at radius 1 is 1.27 bits per heavy atom. The quantitative estimate of drug-likeness (QED) is 0.628. The summed E-state index contributed by atoms with van der Waals surface area (Å²) in [6, 6.07) is 7.41. The largest absolute Gasteiger partial charge is 0.459 e. The molecule has 0 saturated carbocycles. The average molecular weight is 393 g/mol. The molecular formula is C19H22NO4S2+. The van der Waals surface area contributed by atoms with E-state index >= 15 is 0 Å². The summed E-state index contributed by atoms with van der Waals surface area (Å²) in [4.78, 5) is 14.2. The van der Waals surface area contributed by atoms with Gasteiger partial charge in [0.2, 0.25) is 5.60 Å². The lowest BCUT2D eigenvalue weighted by molar-refractivity contribution is -0.916. The molecule has 0 radical (unpaired) electrons. The van der Waals surface area contributed by atoms with Crippen LogP contribution < -0.4 is 0 Å². The van der Waals surface area contributed by atoms with Gasteiger partial charge in [-0.15, -0.1) is 22.7 Å². The molecule has 4 rings (SSSR count). The molecule has 0 aromatic carbocycles. The molecule has 2 aromatic rings. The van der Waals surface area contributed by atoms with E-state index in [-0.39, 0.29) is 12.1 Å². The summed E-state index contributed by atoms with van der Waals surface area (Å²) in [7, 11) is 4.33. The molecule has 138 valence electrons. The van der Waals surface area contributed by atoms with E-state index in [1.165, 1.54) is 22.7 Å². The van der Waals surface area contributed by atoms with E-state index < -0.39 is 11.6 Å². The number of likely N-dealkylation sites (tertiary alicyclic amines) is 1. The monoisotopic (exact) mass is 392 g/mol. The number of piperidine rings is 1. The summed E-state index contributed by atoms with van der Waals surface area (Å²) in [6.45, 7) is 0.889. The Morgan fingerprint density at radius 2 is 1.88 bits per heavy atom. The molecule has 4 heterocycles. The number of likely N-dealkylation sites (N-methyl/N-ethyl adjacent to an activating group) is 1. The van der Waals surface area contributed by atoms with Crippen LogP contribution in [-0.4, -0.2) is 48.3 Å². The molecule has 0 aliphatic carbocycles. The van der Waals surface area contributed by atoms with Crippen LogP contribution in [0.5, 0.6) is 0 Å². The average Bonchev–Trinajstić information content (AvgIpc) is 3.08. The fourth-order valence-electron chi connectivity index (χ4n) is 3.57. The minimum absolute atomic E-state index is 0.193. The minimum atomic E-state index is -1.74. The number of nitrogens with zero attached hydrogens (tertiary/aromatic N) is 1. The number of ether oxygens (including phenoxy) is 2. The molecule has 2 aromatic heterocycles. The number of aliphatic hydroxyl groups is 1. The summed E-state index contributed by atoms with van der Waals surface area (Å²) >= 11 is 2.71. The molecule has 2 aliphatic heterocycles. The van der Waals surface area contributed by atoms with Crippen molar-refractivity contribution in [1.82, 2.24) is 0 Å². The molecule has 26 heavy (non-hydrogen) atoms. The van der Waals surface area contributed by atoms with E-state index in [2.05, 4.69) is 14.1 Å². The van der Waals surface area contributed by atoms with Gasteiger partial charge in [0.15, 0.2) is 11.8 Å². The van der Waals surface area contributed by atoms with E-state index in [1.54, 1.807) is 18.4 Å². The van der Waals surface area contributed by atoms with E-state index in [0.717, 1.165) is 23.2 Å². The van der Waals surface area contributed by atoms with Gasteiger partial charge < -0.3 is 19.1 Å². The van der Waals surface area contributed by atoms with Crippen LogP contribution in [0.4, 0.5) is 0 Å². The van der Waals surface area contributed by atoms with Crippen molar-refractivity contribution in [2.24, 2.45) is 0 Å². The first-order valence-corrected chi connectivity index (χ1v) is 10.4. The zero-order valence-electron chi connectivity index (χ0n) is 14.8. The number of thiophene rings is 2. The maximum absolute atomic E-state index is 13.1.